The highest BCUT2D eigenvalue weighted by Crippen LogP contribution is 2.37. The zero-order chi connectivity index (χ0) is 20.7. The molecule has 10 nitrogen and oxygen atoms in total. The molecule has 0 aliphatic carbocycles. The summed E-state index contributed by atoms with van der Waals surface area (Å²) in [6.45, 7) is 2.34. The van der Waals surface area contributed by atoms with E-state index in [0.717, 1.165) is 59.5 Å². The molecular formula is C20H25N9O. The third-order valence-electron chi connectivity index (χ3n) is 5.66. The second-order valence-corrected chi connectivity index (χ2v) is 7.71. The lowest BCUT2D eigenvalue weighted by Gasteiger charge is -2.25. The fourth-order valence-corrected chi connectivity index (χ4v) is 4.19. The molecule has 1 aliphatic rings. The molecule has 1 atom stereocenters. The molecule has 4 aromatic rings. The number of nitrogens with one attached hydrogen (secondary N) is 1. The standard InChI is InChI=1S/C20H25N9O/c1-27-11-14(8-23-27)16-10-25-29-19(21)17(15-9-24-28(12-15)5-6-30)18(26-20(16)29)13-3-2-4-22-7-13/h8-13,22,30H,2-7,21H2,1H3. The summed E-state index contributed by atoms with van der Waals surface area (Å²) < 4.78 is 5.17. The van der Waals surface area contributed by atoms with Crippen LogP contribution in [0.5, 0.6) is 0 Å². The predicted octanol–water partition coefficient (Wildman–Crippen LogP) is 1.03. The molecule has 0 aromatic carbocycles. The maximum absolute atomic E-state index is 9.24. The first-order valence-corrected chi connectivity index (χ1v) is 10.2. The lowest BCUT2D eigenvalue weighted by Crippen LogP contribution is -2.29. The second kappa shape index (κ2) is 7.54. The van der Waals surface area contributed by atoms with Crippen molar-refractivity contribution in [1.82, 2.24) is 39.5 Å². The Balaban J connectivity index is 1.72. The van der Waals surface area contributed by atoms with Crippen molar-refractivity contribution in [2.24, 2.45) is 7.05 Å². The van der Waals surface area contributed by atoms with E-state index in [1.54, 1.807) is 26.3 Å². The first-order chi connectivity index (χ1) is 14.7. The van der Waals surface area contributed by atoms with Crippen LogP contribution in [0.3, 0.4) is 0 Å². The number of nitrogens with zero attached hydrogens (tertiary/aromatic N) is 7. The average molecular weight is 407 g/mol. The van der Waals surface area contributed by atoms with Gasteiger partial charge in [-0.3, -0.25) is 9.36 Å². The molecule has 5 heterocycles. The van der Waals surface area contributed by atoms with Gasteiger partial charge in [-0.25, -0.2) is 4.98 Å². The van der Waals surface area contributed by atoms with Crippen LogP contribution in [-0.4, -0.2) is 59.0 Å². The molecular weight excluding hydrogens is 382 g/mol. The van der Waals surface area contributed by atoms with Crippen LogP contribution in [0.4, 0.5) is 5.82 Å². The lowest BCUT2D eigenvalue weighted by molar-refractivity contribution is 0.269. The first-order valence-electron chi connectivity index (χ1n) is 10.2. The fourth-order valence-electron chi connectivity index (χ4n) is 4.19. The van der Waals surface area contributed by atoms with E-state index in [2.05, 4.69) is 20.6 Å². The summed E-state index contributed by atoms with van der Waals surface area (Å²) in [5.74, 6) is 0.790. The van der Waals surface area contributed by atoms with Crippen LogP contribution < -0.4 is 11.1 Å². The number of anilines is 1. The van der Waals surface area contributed by atoms with Gasteiger partial charge in [-0.2, -0.15) is 19.8 Å². The van der Waals surface area contributed by atoms with Crippen LogP contribution in [0.25, 0.3) is 27.9 Å². The molecule has 0 radical (unpaired) electrons. The number of aliphatic hydroxyl groups is 1. The van der Waals surface area contributed by atoms with E-state index in [4.69, 9.17) is 10.7 Å². The summed E-state index contributed by atoms with van der Waals surface area (Å²) in [5.41, 5.74) is 12.0. The molecule has 0 bridgehead atoms. The monoisotopic (exact) mass is 407 g/mol. The molecule has 4 aromatic heterocycles. The number of fused-ring (bicyclic) bond motifs is 1. The van der Waals surface area contributed by atoms with E-state index in [1.807, 2.05) is 25.6 Å². The number of nitrogen functional groups attached to an aromatic ring is 1. The largest absolute Gasteiger partial charge is 0.394 e. The maximum atomic E-state index is 9.24. The summed E-state index contributed by atoms with van der Waals surface area (Å²) in [6, 6.07) is 0. The zero-order valence-electron chi connectivity index (χ0n) is 16.9. The third-order valence-corrected chi connectivity index (χ3v) is 5.66. The van der Waals surface area contributed by atoms with Gasteiger partial charge in [0.1, 0.15) is 5.82 Å². The Kier molecular flexibility index (Phi) is 4.72. The maximum Gasteiger partial charge on any atom is 0.165 e. The minimum absolute atomic E-state index is 0.0287. The van der Waals surface area contributed by atoms with Crippen LogP contribution in [0.2, 0.25) is 0 Å². The van der Waals surface area contributed by atoms with Gasteiger partial charge < -0.3 is 16.2 Å². The average Bonchev–Trinajstić information content (AvgIpc) is 3.48. The van der Waals surface area contributed by atoms with E-state index in [-0.39, 0.29) is 12.5 Å². The highest BCUT2D eigenvalue weighted by molar-refractivity contribution is 5.83. The van der Waals surface area contributed by atoms with Crippen LogP contribution >= 0.6 is 0 Å². The van der Waals surface area contributed by atoms with Crippen molar-refractivity contribution >= 4 is 11.5 Å². The van der Waals surface area contributed by atoms with Gasteiger partial charge in [0.15, 0.2) is 5.65 Å². The number of aromatic nitrogens is 7. The first kappa shape index (κ1) is 18.8. The summed E-state index contributed by atoms with van der Waals surface area (Å²) in [7, 11) is 1.89. The van der Waals surface area contributed by atoms with Crippen molar-refractivity contribution in [2.75, 3.05) is 25.4 Å². The fraction of sp³-hybridized carbons (Fsp3) is 0.400. The smallest absolute Gasteiger partial charge is 0.165 e. The van der Waals surface area contributed by atoms with Crippen LogP contribution in [0.15, 0.2) is 31.0 Å². The third kappa shape index (κ3) is 3.14. The van der Waals surface area contributed by atoms with Gasteiger partial charge in [0.25, 0.3) is 0 Å². The highest BCUT2D eigenvalue weighted by atomic mass is 16.3. The second-order valence-electron chi connectivity index (χ2n) is 7.71. The molecule has 156 valence electrons. The molecule has 5 rings (SSSR count). The number of hydrogen-bond donors (Lipinski definition) is 3. The summed E-state index contributed by atoms with van der Waals surface area (Å²) >= 11 is 0. The Morgan fingerprint density at radius 2 is 2.03 bits per heavy atom. The normalized spacial score (nSPS) is 17.1. The molecule has 1 fully saturated rings. The van der Waals surface area contributed by atoms with Gasteiger partial charge in [0, 0.05) is 54.2 Å². The predicted molar refractivity (Wildman–Crippen MR) is 113 cm³/mol. The van der Waals surface area contributed by atoms with Gasteiger partial charge in [0.05, 0.1) is 37.4 Å². The Morgan fingerprint density at radius 3 is 2.77 bits per heavy atom. The van der Waals surface area contributed by atoms with E-state index in [9.17, 15) is 5.11 Å². The Morgan fingerprint density at radius 1 is 1.17 bits per heavy atom. The van der Waals surface area contributed by atoms with Gasteiger partial charge in [0.2, 0.25) is 0 Å². The van der Waals surface area contributed by atoms with Crippen molar-refractivity contribution in [1.29, 1.82) is 0 Å². The molecule has 1 aliphatic heterocycles. The summed E-state index contributed by atoms with van der Waals surface area (Å²) in [6.07, 6.45) is 11.4. The SMILES string of the molecule is Cn1cc(-c2cnn3c(N)c(-c4cnn(CCO)c4)c(C4CCCNC4)nc23)cn1. The Hall–Kier alpha value is -3.24. The van der Waals surface area contributed by atoms with Crippen molar-refractivity contribution in [3.8, 4) is 22.3 Å². The molecule has 0 amide bonds. The summed E-state index contributed by atoms with van der Waals surface area (Å²) in [5, 5.41) is 25.9. The molecule has 0 spiro atoms. The van der Waals surface area contributed by atoms with Gasteiger partial charge in [-0.1, -0.05) is 0 Å². The van der Waals surface area contributed by atoms with Gasteiger partial charge >= 0.3 is 0 Å². The number of aliphatic hydroxyl groups excluding tert-OH is 1. The molecule has 0 saturated carbocycles. The van der Waals surface area contributed by atoms with Crippen LogP contribution in [0.1, 0.15) is 24.5 Å². The Labute approximate surface area is 173 Å². The Bertz CT molecular complexity index is 1180. The van der Waals surface area contributed by atoms with E-state index >= 15 is 0 Å². The lowest BCUT2D eigenvalue weighted by atomic mass is 9.91. The molecule has 10 heteroatoms. The number of hydrogen-bond acceptors (Lipinski definition) is 7. The molecule has 1 saturated heterocycles. The van der Waals surface area contributed by atoms with Gasteiger partial charge in [-0.05, 0) is 19.4 Å². The highest BCUT2D eigenvalue weighted by Gasteiger charge is 2.26. The van der Waals surface area contributed by atoms with Crippen molar-refractivity contribution < 1.29 is 5.11 Å². The van der Waals surface area contributed by atoms with Crippen molar-refractivity contribution in [2.45, 2.75) is 25.3 Å². The minimum Gasteiger partial charge on any atom is -0.394 e. The number of piperidine rings is 1. The molecule has 30 heavy (non-hydrogen) atoms. The molecule has 4 N–H and O–H groups in total. The number of nitrogens with two attached hydrogens (primary N) is 1. The van der Waals surface area contributed by atoms with E-state index in [1.165, 1.54) is 0 Å². The van der Waals surface area contributed by atoms with E-state index in [0.29, 0.717) is 12.4 Å². The van der Waals surface area contributed by atoms with Crippen LogP contribution in [0, 0.1) is 0 Å². The summed E-state index contributed by atoms with van der Waals surface area (Å²) in [4.78, 5) is 5.09. The van der Waals surface area contributed by atoms with Gasteiger partial charge in [-0.15, -0.1) is 0 Å². The topological polar surface area (TPSA) is 124 Å². The quantitative estimate of drug-likeness (QED) is 0.451. The van der Waals surface area contributed by atoms with E-state index < -0.39 is 0 Å². The van der Waals surface area contributed by atoms with Crippen molar-refractivity contribution in [3.05, 3.63) is 36.7 Å². The number of rotatable bonds is 5. The van der Waals surface area contributed by atoms with Crippen molar-refractivity contribution in [3.63, 3.8) is 0 Å². The molecule has 1 unspecified atom stereocenters. The zero-order valence-corrected chi connectivity index (χ0v) is 16.9. The van der Waals surface area contributed by atoms with Crippen LogP contribution in [-0.2, 0) is 13.6 Å². The minimum atomic E-state index is 0.0287. The number of aryl methyl sites for hydroxylation is 1.